The highest BCUT2D eigenvalue weighted by Crippen LogP contribution is 2.32. The van der Waals surface area contributed by atoms with E-state index in [0.717, 1.165) is 52.2 Å². The summed E-state index contributed by atoms with van der Waals surface area (Å²) in [5, 5.41) is 11.0. The van der Waals surface area contributed by atoms with Gasteiger partial charge in [-0.05, 0) is 48.4 Å². The van der Waals surface area contributed by atoms with E-state index in [0.29, 0.717) is 12.4 Å². The van der Waals surface area contributed by atoms with Crippen LogP contribution in [0, 0.1) is 6.92 Å². The minimum atomic E-state index is -0.282. The summed E-state index contributed by atoms with van der Waals surface area (Å²) in [6, 6.07) is 25.6. The molecule has 0 spiro atoms. The van der Waals surface area contributed by atoms with Gasteiger partial charge in [0.1, 0.15) is 12.4 Å². The zero-order chi connectivity index (χ0) is 30.2. The third kappa shape index (κ3) is 7.46. The van der Waals surface area contributed by atoms with Gasteiger partial charge in [0.25, 0.3) is 0 Å². The first kappa shape index (κ1) is 30.6. The zero-order valence-electron chi connectivity index (χ0n) is 25.6. The lowest BCUT2D eigenvalue weighted by molar-refractivity contribution is -0.116. The molecule has 4 aromatic rings. The molecule has 0 aliphatic rings. The Balaban J connectivity index is 1.59. The van der Waals surface area contributed by atoms with Gasteiger partial charge in [0.15, 0.2) is 0 Å². The zero-order valence-corrected chi connectivity index (χ0v) is 25.6. The maximum absolute atomic E-state index is 13.7. The Morgan fingerprint density at radius 3 is 2.10 bits per heavy atom. The molecule has 3 amide bonds. The highest BCUT2D eigenvalue weighted by Gasteiger charge is 2.22. The Morgan fingerprint density at radius 2 is 1.50 bits per heavy atom. The average Bonchev–Trinajstić information content (AvgIpc) is 3.39. The van der Waals surface area contributed by atoms with Crippen molar-refractivity contribution in [1.29, 1.82) is 0 Å². The summed E-state index contributed by atoms with van der Waals surface area (Å²) >= 11 is 0. The van der Waals surface area contributed by atoms with Crippen LogP contribution in [0.1, 0.15) is 76.0 Å². The summed E-state index contributed by atoms with van der Waals surface area (Å²) < 4.78 is 1.74. The molecule has 220 valence electrons. The number of aromatic nitrogens is 2. The molecule has 2 N–H and O–H groups in total. The van der Waals surface area contributed by atoms with E-state index in [9.17, 15) is 9.59 Å². The van der Waals surface area contributed by atoms with Crippen LogP contribution in [-0.2, 0) is 4.79 Å². The predicted octanol–water partition coefficient (Wildman–Crippen LogP) is 8.37. The van der Waals surface area contributed by atoms with Gasteiger partial charge in [-0.25, -0.2) is 9.48 Å². The van der Waals surface area contributed by atoms with Gasteiger partial charge in [-0.2, -0.15) is 5.10 Å². The number of urea groups is 1. The number of hydrogen-bond acceptors (Lipinski definition) is 3. The van der Waals surface area contributed by atoms with E-state index >= 15 is 0 Å². The van der Waals surface area contributed by atoms with Crippen molar-refractivity contribution in [1.82, 2.24) is 14.7 Å². The number of unbranched alkanes of at least 4 members (excludes halogenated alkanes) is 1. The molecular formula is C35H43N5O2. The van der Waals surface area contributed by atoms with Crippen LogP contribution in [0.2, 0.25) is 0 Å². The van der Waals surface area contributed by atoms with Crippen molar-refractivity contribution in [3.05, 3.63) is 95.6 Å². The molecule has 0 fully saturated rings. The fourth-order valence-electron chi connectivity index (χ4n) is 4.94. The van der Waals surface area contributed by atoms with E-state index in [-0.39, 0.29) is 30.3 Å². The van der Waals surface area contributed by atoms with E-state index in [4.69, 9.17) is 5.10 Å². The standard InChI is InChI=1S/C35H43N5O2/c1-7-8-21-39(35(42)37-34-29(24(2)3)15-12-16-30(34)25(4)5)23-33(41)36-32-22-31(27-13-10-9-11-14-27)38-40(32)28-19-17-26(6)18-20-28/h9-20,22,24-25H,7-8,21,23H2,1-6H3,(H,36,41)(H,37,42). The molecule has 0 saturated heterocycles. The maximum atomic E-state index is 13.7. The molecule has 7 heteroatoms. The van der Waals surface area contributed by atoms with Gasteiger partial charge in [-0.15, -0.1) is 0 Å². The summed E-state index contributed by atoms with van der Waals surface area (Å²) in [5.41, 5.74) is 6.70. The Kier molecular flexibility index (Phi) is 10.2. The highest BCUT2D eigenvalue weighted by molar-refractivity contribution is 5.97. The van der Waals surface area contributed by atoms with Gasteiger partial charge in [-0.3, -0.25) is 4.79 Å². The largest absolute Gasteiger partial charge is 0.322 e. The lowest BCUT2D eigenvalue weighted by Gasteiger charge is -2.26. The number of carbonyl (C=O) groups is 2. The average molecular weight is 566 g/mol. The second-order valence-corrected chi connectivity index (χ2v) is 11.4. The number of amides is 3. The third-order valence-corrected chi connectivity index (χ3v) is 7.33. The molecule has 1 aromatic heterocycles. The molecule has 0 aliphatic carbocycles. The molecule has 1 heterocycles. The van der Waals surface area contributed by atoms with Crippen molar-refractivity contribution in [3.8, 4) is 16.9 Å². The van der Waals surface area contributed by atoms with Crippen LogP contribution in [0.3, 0.4) is 0 Å². The van der Waals surface area contributed by atoms with Crippen LogP contribution in [0.5, 0.6) is 0 Å². The van der Waals surface area contributed by atoms with E-state index in [1.807, 2.05) is 73.7 Å². The van der Waals surface area contributed by atoms with Gasteiger partial charge in [0, 0.05) is 23.9 Å². The monoisotopic (exact) mass is 565 g/mol. The van der Waals surface area contributed by atoms with E-state index < -0.39 is 0 Å². The van der Waals surface area contributed by atoms with Gasteiger partial charge in [0.05, 0.1) is 11.4 Å². The van der Waals surface area contributed by atoms with Crippen molar-refractivity contribution in [3.63, 3.8) is 0 Å². The van der Waals surface area contributed by atoms with Crippen molar-refractivity contribution in [2.45, 2.75) is 66.2 Å². The third-order valence-electron chi connectivity index (χ3n) is 7.33. The highest BCUT2D eigenvalue weighted by atomic mass is 16.2. The minimum Gasteiger partial charge on any atom is -0.315 e. The number of para-hydroxylation sites is 1. The molecule has 0 radical (unpaired) electrons. The van der Waals surface area contributed by atoms with Crippen molar-refractivity contribution in [2.24, 2.45) is 0 Å². The summed E-state index contributed by atoms with van der Waals surface area (Å²) in [5.74, 6) is 0.751. The molecular weight excluding hydrogens is 522 g/mol. The number of hydrogen-bond donors (Lipinski definition) is 2. The van der Waals surface area contributed by atoms with Crippen molar-refractivity contribution >= 4 is 23.4 Å². The molecule has 42 heavy (non-hydrogen) atoms. The van der Waals surface area contributed by atoms with Crippen LogP contribution in [0.15, 0.2) is 78.9 Å². The smallest absolute Gasteiger partial charge is 0.315 e. The number of rotatable bonds is 11. The van der Waals surface area contributed by atoms with Gasteiger partial charge in [-0.1, -0.05) is 107 Å². The number of carbonyl (C=O) groups excluding carboxylic acids is 2. The van der Waals surface area contributed by atoms with Crippen molar-refractivity contribution < 1.29 is 9.59 Å². The van der Waals surface area contributed by atoms with Crippen LogP contribution in [0.25, 0.3) is 16.9 Å². The Morgan fingerprint density at radius 1 is 0.857 bits per heavy atom. The summed E-state index contributed by atoms with van der Waals surface area (Å²) in [4.78, 5) is 28.8. The SMILES string of the molecule is CCCCN(CC(=O)Nc1cc(-c2ccccc2)nn1-c1ccc(C)cc1)C(=O)Nc1c(C(C)C)cccc1C(C)C. The van der Waals surface area contributed by atoms with Crippen LogP contribution in [-0.4, -0.2) is 39.7 Å². The molecule has 3 aromatic carbocycles. The summed E-state index contributed by atoms with van der Waals surface area (Å²) in [6.45, 7) is 13.0. The lowest BCUT2D eigenvalue weighted by atomic mass is 9.93. The first-order valence-corrected chi connectivity index (χ1v) is 14.9. The molecule has 0 unspecified atom stereocenters. The lowest BCUT2D eigenvalue weighted by Crippen LogP contribution is -2.41. The molecule has 0 saturated carbocycles. The van der Waals surface area contributed by atoms with E-state index in [1.54, 1.807) is 9.58 Å². The minimum absolute atomic E-state index is 0.0769. The fourth-order valence-corrected chi connectivity index (χ4v) is 4.94. The second kappa shape index (κ2) is 14.0. The Hall–Kier alpha value is -4.39. The number of nitrogens with zero attached hydrogens (tertiary/aromatic N) is 3. The van der Waals surface area contributed by atoms with Gasteiger partial charge in [0.2, 0.25) is 5.91 Å². The van der Waals surface area contributed by atoms with E-state index in [2.05, 4.69) is 57.4 Å². The van der Waals surface area contributed by atoms with Crippen LogP contribution in [0.4, 0.5) is 16.3 Å². The Labute approximate surface area is 250 Å². The number of nitrogens with one attached hydrogen (secondary N) is 2. The molecule has 4 rings (SSSR count). The Bertz CT molecular complexity index is 1460. The summed E-state index contributed by atoms with van der Waals surface area (Å²) in [7, 11) is 0. The second-order valence-electron chi connectivity index (χ2n) is 11.4. The normalized spacial score (nSPS) is 11.1. The number of benzene rings is 3. The fraction of sp³-hybridized carbons (Fsp3) is 0.343. The van der Waals surface area contributed by atoms with Crippen LogP contribution >= 0.6 is 0 Å². The van der Waals surface area contributed by atoms with Gasteiger partial charge >= 0.3 is 6.03 Å². The van der Waals surface area contributed by atoms with Gasteiger partial charge < -0.3 is 15.5 Å². The van der Waals surface area contributed by atoms with E-state index in [1.165, 1.54) is 0 Å². The molecule has 0 atom stereocenters. The van der Waals surface area contributed by atoms with Crippen LogP contribution < -0.4 is 10.6 Å². The van der Waals surface area contributed by atoms with Crippen molar-refractivity contribution in [2.75, 3.05) is 23.7 Å². The summed E-state index contributed by atoms with van der Waals surface area (Å²) in [6.07, 6.45) is 1.70. The molecule has 7 nitrogen and oxygen atoms in total. The first-order valence-electron chi connectivity index (χ1n) is 14.9. The maximum Gasteiger partial charge on any atom is 0.322 e. The predicted molar refractivity (Wildman–Crippen MR) is 172 cm³/mol. The molecule has 0 bridgehead atoms. The number of aryl methyl sites for hydroxylation is 1. The first-order chi connectivity index (χ1) is 20.2. The number of anilines is 2. The quantitative estimate of drug-likeness (QED) is 0.192. The topological polar surface area (TPSA) is 79.3 Å². The molecule has 0 aliphatic heterocycles.